The number of hydrogen-bond donors (Lipinski definition) is 0. The molecule has 3 aromatic rings. The summed E-state index contributed by atoms with van der Waals surface area (Å²) in [6.07, 6.45) is 0. The van der Waals surface area contributed by atoms with Crippen molar-refractivity contribution in [1.29, 1.82) is 0 Å². The van der Waals surface area contributed by atoms with Gasteiger partial charge in [0.05, 0.1) is 11.9 Å². The van der Waals surface area contributed by atoms with Crippen LogP contribution in [0.5, 0.6) is 5.75 Å². The first-order valence-corrected chi connectivity index (χ1v) is 8.74. The summed E-state index contributed by atoms with van der Waals surface area (Å²) in [5.41, 5.74) is 0. The summed E-state index contributed by atoms with van der Waals surface area (Å²) in [4.78, 5) is 0. The highest BCUT2D eigenvalue weighted by Gasteiger charge is 2.28. The van der Waals surface area contributed by atoms with Crippen LogP contribution in [0.25, 0.3) is 10.8 Å². The topological polar surface area (TPSA) is 35.5 Å². The Morgan fingerprint density at radius 1 is 0.864 bits per heavy atom. The van der Waals surface area contributed by atoms with Crippen LogP contribution in [-0.4, -0.2) is 6.61 Å². The third kappa shape index (κ3) is 3.06. The molecule has 0 N–H and O–H groups in total. The lowest BCUT2D eigenvalue weighted by molar-refractivity contribution is 0.289. The zero-order chi connectivity index (χ0) is 15.4. The number of benzene rings is 3. The van der Waals surface area contributed by atoms with Crippen LogP contribution in [0, 0.1) is 0 Å². The van der Waals surface area contributed by atoms with Gasteiger partial charge in [-0.15, -0.1) is 0 Å². The second kappa shape index (κ2) is 6.35. The smallest absolute Gasteiger partial charge is 0.410 e. The second-order valence-corrected chi connectivity index (χ2v) is 6.80. The van der Waals surface area contributed by atoms with Crippen LogP contribution in [0.2, 0.25) is 0 Å². The van der Waals surface area contributed by atoms with Crippen LogP contribution >= 0.6 is 7.60 Å². The maximum atomic E-state index is 13.1. The third-order valence-electron chi connectivity index (χ3n) is 3.32. The van der Waals surface area contributed by atoms with Crippen molar-refractivity contribution in [3.05, 3.63) is 72.8 Å². The largest absolute Gasteiger partial charge is 0.421 e. The maximum absolute atomic E-state index is 13.1. The predicted octanol–water partition coefficient (Wildman–Crippen LogP) is 4.77. The van der Waals surface area contributed by atoms with E-state index < -0.39 is 7.60 Å². The summed E-state index contributed by atoms with van der Waals surface area (Å²) in [5, 5.41) is 2.71. The van der Waals surface area contributed by atoms with E-state index in [4.69, 9.17) is 9.05 Å². The molecule has 0 saturated carbocycles. The molecular weight excluding hydrogens is 295 g/mol. The van der Waals surface area contributed by atoms with Crippen molar-refractivity contribution in [2.75, 3.05) is 6.61 Å². The number of rotatable bonds is 5. The minimum atomic E-state index is -3.37. The van der Waals surface area contributed by atoms with Gasteiger partial charge in [0.25, 0.3) is 0 Å². The summed E-state index contributed by atoms with van der Waals surface area (Å²) < 4.78 is 24.3. The summed E-state index contributed by atoms with van der Waals surface area (Å²) in [6, 6.07) is 22.7. The summed E-state index contributed by atoms with van der Waals surface area (Å²) in [5.74, 6) is 0.541. The van der Waals surface area contributed by atoms with Crippen molar-refractivity contribution in [1.82, 2.24) is 0 Å². The molecule has 0 aliphatic carbocycles. The van der Waals surface area contributed by atoms with E-state index in [1.165, 1.54) is 0 Å². The Morgan fingerprint density at radius 2 is 1.55 bits per heavy atom. The zero-order valence-electron chi connectivity index (χ0n) is 12.3. The summed E-state index contributed by atoms with van der Waals surface area (Å²) in [7, 11) is -3.37. The van der Waals surface area contributed by atoms with Gasteiger partial charge in [0.1, 0.15) is 5.75 Å². The van der Waals surface area contributed by atoms with Gasteiger partial charge in [0.2, 0.25) is 0 Å². The molecule has 0 amide bonds. The van der Waals surface area contributed by atoms with E-state index in [0.717, 1.165) is 10.8 Å². The van der Waals surface area contributed by atoms with Gasteiger partial charge in [0, 0.05) is 0 Å². The molecule has 1 atom stereocenters. The lowest BCUT2D eigenvalue weighted by atomic mass is 10.1. The Balaban J connectivity index is 1.97. The average molecular weight is 312 g/mol. The van der Waals surface area contributed by atoms with Gasteiger partial charge < -0.3 is 4.52 Å². The molecule has 4 heteroatoms. The van der Waals surface area contributed by atoms with Gasteiger partial charge in [-0.05, 0) is 42.0 Å². The fourth-order valence-electron chi connectivity index (χ4n) is 2.30. The highest BCUT2D eigenvalue weighted by atomic mass is 31.2. The minimum absolute atomic E-state index is 0.319. The van der Waals surface area contributed by atoms with Crippen LogP contribution in [0.3, 0.4) is 0 Å². The van der Waals surface area contributed by atoms with Crippen LogP contribution in [0.1, 0.15) is 6.92 Å². The highest BCUT2D eigenvalue weighted by molar-refractivity contribution is 7.62. The number of fused-ring (bicyclic) bond motifs is 1. The van der Waals surface area contributed by atoms with Crippen molar-refractivity contribution in [3.8, 4) is 5.75 Å². The first-order chi connectivity index (χ1) is 10.7. The molecule has 0 heterocycles. The molecule has 3 aromatic carbocycles. The highest BCUT2D eigenvalue weighted by Crippen LogP contribution is 2.47. The lowest BCUT2D eigenvalue weighted by Crippen LogP contribution is -2.12. The molecule has 0 fully saturated rings. The van der Waals surface area contributed by atoms with Crippen LogP contribution in [-0.2, 0) is 9.09 Å². The molecule has 3 rings (SSSR count). The van der Waals surface area contributed by atoms with Crippen LogP contribution in [0.4, 0.5) is 0 Å². The van der Waals surface area contributed by atoms with E-state index in [-0.39, 0.29) is 0 Å². The molecule has 0 radical (unpaired) electrons. The molecule has 0 bridgehead atoms. The van der Waals surface area contributed by atoms with Gasteiger partial charge in [-0.3, -0.25) is 4.52 Å². The van der Waals surface area contributed by atoms with E-state index in [2.05, 4.69) is 0 Å². The standard InChI is InChI=1S/C18H17O3P/c1-2-20-22(19,18-10-4-3-5-11-18)21-17-13-12-15-8-6-7-9-16(15)14-17/h3-14H,2H2,1H3. The van der Waals surface area contributed by atoms with Gasteiger partial charge >= 0.3 is 7.60 Å². The predicted molar refractivity (Wildman–Crippen MR) is 89.9 cm³/mol. The average Bonchev–Trinajstić information content (AvgIpc) is 2.56. The molecule has 1 unspecified atom stereocenters. The van der Waals surface area contributed by atoms with E-state index in [0.29, 0.717) is 17.7 Å². The normalized spacial score (nSPS) is 13.7. The molecule has 0 aliphatic heterocycles. The fraction of sp³-hybridized carbons (Fsp3) is 0.111. The summed E-state index contributed by atoms with van der Waals surface area (Å²) in [6.45, 7) is 2.12. The Hall–Kier alpha value is -2.09. The van der Waals surface area contributed by atoms with Gasteiger partial charge in [-0.1, -0.05) is 48.5 Å². The zero-order valence-corrected chi connectivity index (χ0v) is 13.2. The molecule has 0 aliphatic rings. The van der Waals surface area contributed by atoms with E-state index in [1.807, 2.05) is 60.7 Å². The fourth-order valence-corrected chi connectivity index (χ4v) is 3.87. The molecule has 0 saturated heterocycles. The molecule has 0 aromatic heterocycles. The van der Waals surface area contributed by atoms with Crippen LogP contribution < -0.4 is 9.83 Å². The SMILES string of the molecule is CCOP(=O)(Oc1ccc2ccccc2c1)c1ccccc1. The quantitative estimate of drug-likeness (QED) is 0.636. The lowest BCUT2D eigenvalue weighted by Gasteiger charge is -2.19. The van der Waals surface area contributed by atoms with Crippen LogP contribution in [0.15, 0.2) is 72.8 Å². The maximum Gasteiger partial charge on any atom is 0.410 e. The van der Waals surface area contributed by atoms with Crippen molar-refractivity contribution in [2.45, 2.75) is 6.92 Å². The van der Waals surface area contributed by atoms with Crippen molar-refractivity contribution < 1.29 is 13.6 Å². The first kappa shape index (κ1) is 14.8. The van der Waals surface area contributed by atoms with Crippen molar-refractivity contribution >= 4 is 23.7 Å². The minimum Gasteiger partial charge on any atom is -0.421 e. The van der Waals surface area contributed by atoms with Gasteiger partial charge in [-0.2, -0.15) is 0 Å². The number of hydrogen-bond acceptors (Lipinski definition) is 3. The van der Waals surface area contributed by atoms with Gasteiger partial charge in [0.15, 0.2) is 0 Å². The third-order valence-corrected chi connectivity index (χ3v) is 5.30. The Bertz CT molecular complexity index is 815. The molecule has 0 spiro atoms. The molecule has 22 heavy (non-hydrogen) atoms. The summed E-state index contributed by atoms with van der Waals surface area (Å²) >= 11 is 0. The Labute approximate surface area is 130 Å². The Morgan fingerprint density at radius 3 is 2.27 bits per heavy atom. The van der Waals surface area contributed by atoms with Gasteiger partial charge in [-0.25, -0.2) is 4.57 Å². The van der Waals surface area contributed by atoms with Crippen molar-refractivity contribution in [3.63, 3.8) is 0 Å². The first-order valence-electron chi connectivity index (χ1n) is 7.20. The monoisotopic (exact) mass is 312 g/mol. The van der Waals surface area contributed by atoms with E-state index >= 15 is 0 Å². The van der Waals surface area contributed by atoms with Crippen molar-refractivity contribution in [2.24, 2.45) is 0 Å². The Kier molecular flexibility index (Phi) is 4.28. The molecule has 112 valence electrons. The molecular formula is C18H17O3P. The van der Waals surface area contributed by atoms with E-state index in [1.54, 1.807) is 19.1 Å². The second-order valence-electron chi connectivity index (χ2n) is 4.85. The molecule has 3 nitrogen and oxygen atoms in total. The van der Waals surface area contributed by atoms with E-state index in [9.17, 15) is 4.57 Å².